The lowest BCUT2D eigenvalue weighted by molar-refractivity contribution is -0.421. The maximum Gasteiger partial charge on any atom is 0.373 e. The number of carbonyl (C=O) groups excluding carboxylic acids is 2. The smallest absolute Gasteiger partial charge is 0.373 e. The Morgan fingerprint density at radius 2 is 1.00 bits per heavy atom. The van der Waals surface area contributed by atoms with Crippen molar-refractivity contribution in [3.05, 3.63) is 59.7 Å². The first-order valence-electron chi connectivity index (χ1n) is 13.8. The summed E-state index contributed by atoms with van der Waals surface area (Å²) in [6.45, 7) is 7.42. The van der Waals surface area contributed by atoms with Crippen molar-refractivity contribution in [3.63, 3.8) is 0 Å². The first-order chi connectivity index (χ1) is 18.6. The first kappa shape index (κ1) is 31.1. The topological polar surface area (TPSA) is 89.5 Å². The van der Waals surface area contributed by atoms with Gasteiger partial charge in [0.1, 0.15) is 11.5 Å². The Labute approximate surface area is 226 Å². The van der Waals surface area contributed by atoms with E-state index < -0.39 is 18.2 Å². The van der Waals surface area contributed by atoms with Crippen molar-refractivity contribution in [2.75, 3.05) is 13.2 Å². The van der Waals surface area contributed by atoms with Gasteiger partial charge in [-0.2, -0.15) is 0 Å². The molecule has 2 aromatic rings. The Hall–Kier alpha value is -3.10. The average Bonchev–Trinajstić information content (AvgIpc) is 2.95. The maximum atomic E-state index is 12.5. The lowest BCUT2D eigenvalue weighted by atomic mass is 10.1. The summed E-state index contributed by atoms with van der Waals surface area (Å²) in [5, 5.41) is 0. The zero-order chi connectivity index (χ0) is 27.4. The standard InChI is InChI=1S/C30H42O8/c1-4-7-8-9-10-11-12-13-28(35-37-29(31)24-14-18-26(19-15-24)33-22-5-2)36-38-30(32)25-16-20-27(21-17-25)34-23-6-3/h14-21,28H,4-13,22-23H2,1-3H3. The Bertz CT molecular complexity index is 843. The van der Waals surface area contributed by atoms with Crippen LogP contribution in [-0.2, 0) is 19.6 Å². The molecule has 8 heteroatoms. The second-order valence-electron chi connectivity index (χ2n) is 9.02. The minimum Gasteiger partial charge on any atom is -0.494 e. The molecule has 0 heterocycles. The summed E-state index contributed by atoms with van der Waals surface area (Å²) in [6, 6.07) is 13.2. The van der Waals surface area contributed by atoms with E-state index >= 15 is 0 Å². The van der Waals surface area contributed by atoms with Crippen LogP contribution in [0.1, 0.15) is 106 Å². The molecule has 8 nitrogen and oxygen atoms in total. The van der Waals surface area contributed by atoms with Crippen molar-refractivity contribution in [2.45, 2.75) is 91.3 Å². The largest absolute Gasteiger partial charge is 0.494 e. The molecule has 2 rings (SSSR count). The second kappa shape index (κ2) is 19.0. The number of ether oxygens (including phenoxy) is 2. The van der Waals surface area contributed by atoms with Crippen LogP contribution in [0, 0.1) is 0 Å². The van der Waals surface area contributed by atoms with Gasteiger partial charge in [0.05, 0.1) is 24.3 Å². The predicted octanol–water partition coefficient (Wildman–Crippen LogP) is 7.61. The minimum atomic E-state index is -1.06. The number of unbranched alkanes of at least 4 members (excludes halogenated alkanes) is 6. The minimum absolute atomic E-state index is 0.297. The molecule has 0 aromatic heterocycles. The van der Waals surface area contributed by atoms with Crippen LogP contribution in [0.5, 0.6) is 11.5 Å². The maximum absolute atomic E-state index is 12.5. The molecule has 0 atom stereocenters. The predicted molar refractivity (Wildman–Crippen MR) is 144 cm³/mol. The zero-order valence-corrected chi connectivity index (χ0v) is 22.9. The van der Waals surface area contributed by atoms with Crippen LogP contribution < -0.4 is 9.47 Å². The van der Waals surface area contributed by atoms with Crippen LogP contribution in [0.4, 0.5) is 0 Å². The lowest BCUT2D eigenvalue weighted by Crippen LogP contribution is -2.22. The van der Waals surface area contributed by atoms with Gasteiger partial charge in [0.25, 0.3) is 0 Å². The fourth-order valence-corrected chi connectivity index (χ4v) is 3.49. The van der Waals surface area contributed by atoms with Crippen molar-refractivity contribution >= 4 is 11.9 Å². The van der Waals surface area contributed by atoms with E-state index in [-0.39, 0.29) is 0 Å². The molecule has 0 aliphatic carbocycles. The van der Waals surface area contributed by atoms with E-state index in [1.165, 1.54) is 25.7 Å². The van der Waals surface area contributed by atoms with E-state index in [4.69, 9.17) is 29.0 Å². The monoisotopic (exact) mass is 530 g/mol. The van der Waals surface area contributed by atoms with E-state index in [2.05, 4.69) is 6.92 Å². The molecule has 0 spiro atoms. The van der Waals surface area contributed by atoms with Crippen molar-refractivity contribution in [3.8, 4) is 11.5 Å². The Kier molecular flexibility index (Phi) is 15.6. The number of carbonyl (C=O) groups is 2. The van der Waals surface area contributed by atoms with Gasteiger partial charge >= 0.3 is 11.9 Å². The molecule has 0 fully saturated rings. The van der Waals surface area contributed by atoms with Gasteiger partial charge in [0, 0.05) is 6.42 Å². The summed E-state index contributed by atoms with van der Waals surface area (Å²) in [7, 11) is 0. The summed E-state index contributed by atoms with van der Waals surface area (Å²) in [5.41, 5.74) is 0.594. The van der Waals surface area contributed by atoms with Crippen molar-refractivity contribution in [1.82, 2.24) is 0 Å². The molecule has 0 aliphatic rings. The summed E-state index contributed by atoms with van der Waals surface area (Å²) < 4.78 is 11.1. The van der Waals surface area contributed by atoms with Gasteiger partial charge in [-0.25, -0.2) is 9.59 Å². The highest BCUT2D eigenvalue weighted by Crippen LogP contribution is 2.18. The van der Waals surface area contributed by atoms with Crippen LogP contribution in [0.25, 0.3) is 0 Å². The second-order valence-corrected chi connectivity index (χ2v) is 9.02. The van der Waals surface area contributed by atoms with E-state index in [1.54, 1.807) is 48.5 Å². The third kappa shape index (κ3) is 12.4. The average molecular weight is 531 g/mol. The summed E-state index contributed by atoms with van der Waals surface area (Å²) in [6.07, 6.45) is 8.74. The molecule has 0 unspecified atom stereocenters. The van der Waals surface area contributed by atoms with E-state index in [1.807, 2.05) is 13.8 Å². The molecule has 0 radical (unpaired) electrons. The molecule has 0 N–H and O–H groups in total. The van der Waals surface area contributed by atoms with Crippen molar-refractivity contribution < 1.29 is 38.6 Å². The first-order valence-corrected chi connectivity index (χ1v) is 13.8. The van der Waals surface area contributed by atoms with Crippen molar-refractivity contribution in [2.24, 2.45) is 0 Å². The zero-order valence-electron chi connectivity index (χ0n) is 22.9. The van der Waals surface area contributed by atoms with Gasteiger partial charge in [-0.05, 0) is 67.8 Å². The van der Waals surface area contributed by atoms with E-state index in [0.717, 1.165) is 32.1 Å². The van der Waals surface area contributed by atoms with E-state index in [9.17, 15) is 9.59 Å². The SMILES string of the molecule is CCCCCCCCCC(OOC(=O)c1ccc(OCCC)cc1)OOC(=O)c1ccc(OCCC)cc1. The van der Waals surface area contributed by atoms with Gasteiger partial charge in [-0.3, -0.25) is 9.78 Å². The fourth-order valence-electron chi connectivity index (χ4n) is 3.49. The summed E-state index contributed by atoms with van der Waals surface area (Å²) in [4.78, 5) is 45.4. The highest BCUT2D eigenvalue weighted by atomic mass is 17.3. The number of rotatable bonds is 20. The summed E-state index contributed by atoms with van der Waals surface area (Å²) >= 11 is 0. The van der Waals surface area contributed by atoms with Crippen LogP contribution in [0.2, 0.25) is 0 Å². The molecule has 210 valence electrons. The number of benzene rings is 2. The third-order valence-electron chi connectivity index (χ3n) is 5.63. The third-order valence-corrected chi connectivity index (χ3v) is 5.63. The summed E-state index contributed by atoms with van der Waals surface area (Å²) in [5.74, 6) is -0.0360. The van der Waals surface area contributed by atoms with Gasteiger partial charge in [0.15, 0.2) is 0 Å². The Morgan fingerprint density at radius 1 is 0.579 bits per heavy atom. The van der Waals surface area contributed by atoms with Crippen LogP contribution in [-0.4, -0.2) is 31.4 Å². The molecular formula is C30H42O8. The van der Waals surface area contributed by atoms with Crippen LogP contribution >= 0.6 is 0 Å². The normalized spacial score (nSPS) is 10.8. The number of hydrogen-bond donors (Lipinski definition) is 0. The van der Waals surface area contributed by atoms with Crippen molar-refractivity contribution in [1.29, 1.82) is 0 Å². The lowest BCUT2D eigenvalue weighted by Gasteiger charge is -2.15. The van der Waals surface area contributed by atoms with Gasteiger partial charge in [-0.1, -0.05) is 59.3 Å². The molecular weight excluding hydrogens is 488 g/mol. The van der Waals surface area contributed by atoms with Gasteiger partial charge < -0.3 is 9.47 Å². The molecule has 0 saturated carbocycles. The molecule has 0 amide bonds. The molecule has 2 aromatic carbocycles. The van der Waals surface area contributed by atoms with E-state index in [0.29, 0.717) is 42.3 Å². The molecule has 0 saturated heterocycles. The quantitative estimate of drug-likeness (QED) is 0.0748. The Morgan fingerprint density at radius 3 is 1.42 bits per heavy atom. The Balaban J connectivity index is 1.88. The highest BCUT2D eigenvalue weighted by molar-refractivity contribution is 5.89. The number of hydrogen-bond acceptors (Lipinski definition) is 8. The fraction of sp³-hybridized carbons (Fsp3) is 0.533. The van der Waals surface area contributed by atoms with Gasteiger partial charge in [-0.15, -0.1) is 9.78 Å². The van der Waals surface area contributed by atoms with Crippen LogP contribution in [0.3, 0.4) is 0 Å². The molecule has 0 bridgehead atoms. The highest BCUT2D eigenvalue weighted by Gasteiger charge is 2.20. The molecule has 0 aliphatic heterocycles. The van der Waals surface area contributed by atoms with Crippen LogP contribution in [0.15, 0.2) is 48.5 Å². The molecule has 38 heavy (non-hydrogen) atoms. The van der Waals surface area contributed by atoms with Gasteiger partial charge in [0.2, 0.25) is 6.29 Å².